The van der Waals surface area contributed by atoms with Crippen molar-refractivity contribution in [3.8, 4) is 0 Å². The minimum absolute atomic E-state index is 0.0511. The van der Waals surface area contributed by atoms with E-state index < -0.39 is 23.8 Å². The lowest BCUT2D eigenvalue weighted by Gasteiger charge is -2.05. The molecular weight excluding hydrogens is 246 g/mol. The van der Waals surface area contributed by atoms with Gasteiger partial charge in [-0.25, -0.2) is 9.59 Å². The van der Waals surface area contributed by atoms with Crippen molar-refractivity contribution in [3.63, 3.8) is 0 Å². The van der Waals surface area contributed by atoms with Crippen LogP contribution in [0.2, 0.25) is 0 Å². The number of nitrogens with one attached hydrogen (secondary N) is 2. The van der Waals surface area contributed by atoms with Crippen LogP contribution in [0.4, 0.5) is 4.79 Å². The second-order valence-electron chi connectivity index (χ2n) is 2.94. The number of carbonyl (C=O) groups excluding carboxylic acids is 3. The molecule has 9 heteroatoms. The fraction of sp³-hybridized carbons (Fsp3) is 0.333. The molecule has 0 fully saturated rings. The Labute approximate surface area is 102 Å². The van der Waals surface area contributed by atoms with Crippen molar-refractivity contribution in [1.82, 2.24) is 10.6 Å². The summed E-state index contributed by atoms with van der Waals surface area (Å²) < 4.78 is 4.74. The second kappa shape index (κ2) is 8.70. The summed E-state index contributed by atoms with van der Waals surface area (Å²) in [6, 6.07) is -0.808. The van der Waals surface area contributed by atoms with Crippen LogP contribution >= 0.6 is 0 Å². The monoisotopic (exact) mass is 259 g/mol. The number of rotatable bonds is 7. The van der Waals surface area contributed by atoms with Crippen molar-refractivity contribution in [1.29, 1.82) is 0 Å². The number of hydrogen-bond acceptors (Lipinski definition) is 5. The Morgan fingerprint density at radius 1 is 1.22 bits per heavy atom. The van der Waals surface area contributed by atoms with E-state index in [-0.39, 0.29) is 19.8 Å². The lowest BCUT2D eigenvalue weighted by Crippen LogP contribution is -2.40. The number of primary amides is 1. The summed E-state index contributed by atoms with van der Waals surface area (Å²) in [5.41, 5.74) is 4.79. The van der Waals surface area contributed by atoms with Gasteiger partial charge >= 0.3 is 12.0 Å². The molecule has 0 aromatic carbocycles. The smallest absolute Gasteiger partial charge is 0.328 e. The first-order valence-corrected chi connectivity index (χ1v) is 4.77. The average Bonchev–Trinajstić information content (AvgIpc) is 2.25. The molecule has 5 N–H and O–H groups in total. The molecule has 0 radical (unpaired) electrons. The van der Waals surface area contributed by atoms with Crippen LogP contribution < -0.4 is 16.4 Å². The maximum atomic E-state index is 11.0. The zero-order chi connectivity index (χ0) is 14.0. The average molecular weight is 259 g/mol. The first kappa shape index (κ1) is 15.6. The predicted octanol–water partition coefficient (Wildman–Crippen LogP) is -2.05. The number of urea groups is 1. The molecule has 0 spiro atoms. The highest BCUT2D eigenvalue weighted by atomic mass is 16.5. The number of nitrogens with two attached hydrogens (primary N) is 1. The summed E-state index contributed by atoms with van der Waals surface area (Å²) >= 11 is 0. The van der Waals surface area contributed by atoms with E-state index >= 15 is 0 Å². The number of ether oxygens (including phenoxy) is 1. The molecule has 100 valence electrons. The molecule has 0 heterocycles. The third-order valence-corrected chi connectivity index (χ3v) is 1.39. The maximum absolute atomic E-state index is 11.0. The summed E-state index contributed by atoms with van der Waals surface area (Å²) in [4.78, 5) is 42.3. The van der Waals surface area contributed by atoms with E-state index in [0.29, 0.717) is 12.2 Å². The highest BCUT2D eigenvalue weighted by molar-refractivity contribution is 6.02. The predicted molar refractivity (Wildman–Crippen MR) is 58.3 cm³/mol. The van der Waals surface area contributed by atoms with Gasteiger partial charge in [0, 0.05) is 18.7 Å². The molecule has 0 atom stereocenters. The van der Waals surface area contributed by atoms with Crippen LogP contribution in [-0.4, -0.2) is 48.7 Å². The summed E-state index contributed by atoms with van der Waals surface area (Å²) in [5, 5.41) is 12.3. The van der Waals surface area contributed by atoms with E-state index in [1.54, 1.807) is 0 Å². The molecule has 0 aliphatic heterocycles. The van der Waals surface area contributed by atoms with Gasteiger partial charge in [-0.2, -0.15) is 0 Å². The molecular formula is C9H13N3O6. The van der Waals surface area contributed by atoms with Gasteiger partial charge in [0.2, 0.25) is 5.91 Å². The number of carbonyl (C=O) groups is 4. The van der Waals surface area contributed by atoms with Gasteiger partial charge in [0.25, 0.3) is 5.91 Å². The first-order chi connectivity index (χ1) is 8.41. The van der Waals surface area contributed by atoms with Crippen molar-refractivity contribution >= 4 is 23.8 Å². The molecule has 0 aromatic heterocycles. The Morgan fingerprint density at radius 3 is 2.44 bits per heavy atom. The minimum atomic E-state index is -1.30. The summed E-state index contributed by atoms with van der Waals surface area (Å²) in [6.07, 6.45) is 1.30. The fourth-order valence-corrected chi connectivity index (χ4v) is 0.754. The highest BCUT2D eigenvalue weighted by Gasteiger charge is 2.04. The number of aliphatic carboxylic acids is 1. The van der Waals surface area contributed by atoms with E-state index in [2.05, 4.69) is 5.32 Å². The van der Waals surface area contributed by atoms with Gasteiger partial charge in [-0.3, -0.25) is 14.9 Å². The molecule has 0 bridgehead atoms. The lowest BCUT2D eigenvalue weighted by molar-refractivity contribution is -0.131. The Bertz CT molecular complexity index is 365. The summed E-state index contributed by atoms with van der Waals surface area (Å²) in [6.45, 7) is -0.145. The van der Waals surface area contributed by atoms with Gasteiger partial charge in [-0.05, 0) is 0 Å². The van der Waals surface area contributed by atoms with Gasteiger partial charge < -0.3 is 20.9 Å². The lowest BCUT2D eigenvalue weighted by atomic mass is 10.5. The maximum Gasteiger partial charge on any atom is 0.328 e. The second-order valence-corrected chi connectivity index (χ2v) is 2.94. The quantitative estimate of drug-likeness (QED) is 0.305. The van der Waals surface area contributed by atoms with E-state index in [0.717, 1.165) is 0 Å². The van der Waals surface area contributed by atoms with E-state index in [9.17, 15) is 19.2 Å². The highest BCUT2D eigenvalue weighted by Crippen LogP contribution is 1.76. The Balaban J connectivity index is 3.68. The van der Waals surface area contributed by atoms with Crippen molar-refractivity contribution in [3.05, 3.63) is 12.2 Å². The van der Waals surface area contributed by atoms with E-state index in [4.69, 9.17) is 15.6 Å². The van der Waals surface area contributed by atoms with Crippen LogP contribution in [0.15, 0.2) is 12.2 Å². The van der Waals surface area contributed by atoms with Crippen LogP contribution in [0.25, 0.3) is 0 Å². The molecule has 0 aliphatic rings. The van der Waals surface area contributed by atoms with Crippen LogP contribution in [0, 0.1) is 0 Å². The molecule has 0 saturated carbocycles. The van der Waals surface area contributed by atoms with Gasteiger partial charge in [-0.1, -0.05) is 0 Å². The molecule has 4 amide bonds. The number of hydrogen-bond donors (Lipinski definition) is 4. The van der Waals surface area contributed by atoms with Crippen LogP contribution in [0.3, 0.4) is 0 Å². The Kier molecular flexibility index (Phi) is 7.53. The van der Waals surface area contributed by atoms with Crippen LogP contribution in [0.1, 0.15) is 0 Å². The van der Waals surface area contributed by atoms with Gasteiger partial charge in [0.1, 0.15) is 6.61 Å². The summed E-state index contributed by atoms with van der Waals surface area (Å²) in [7, 11) is 0. The SMILES string of the molecule is NC(=O)COCCNC(=O)NC(=O)/C=C/C(=O)O. The van der Waals surface area contributed by atoms with Crippen molar-refractivity contribution < 1.29 is 29.0 Å². The van der Waals surface area contributed by atoms with Crippen molar-refractivity contribution in [2.45, 2.75) is 0 Å². The van der Waals surface area contributed by atoms with Crippen LogP contribution in [0.5, 0.6) is 0 Å². The minimum Gasteiger partial charge on any atom is -0.478 e. The topological polar surface area (TPSA) is 148 Å². The Morgan fingerprint density at radius 2 is 1.89 bits per heavy atom. The zero-order valence-electron chi connectivity index (χ0n) is 9.34. The fourth-order valence-electron chi connectivity index (χ4n) is 0.754. The number of amides is 4. The van der Waals surface area contributed by atoms with Gasteiger partial charge in [-0.15, -0.1) is 0 Å². The Hall–Kier alpha value is -2.42. The van der Waals surface area contributed by atoms with E-state index in [1.165, 1.54) is 0 Å². The first-order valence-electron chi connectivity index (χ1n) is 4.77. The molecule has 0 aliphatic carbocycles. The molecule has 0 rings (SSSR count). The number of carboxylic acids is 1. The molecule has 18 heavy (non-hydrogen) atoms. The molecule has 0 unspecified atom stereocenters. The third kappa shape index (κ3) is 10.1. The summed E-state index contributed by atoms with van der Waals surface area (Å²) in [5.74, 6) is -2.80. The van der Waals surface area contributed by atoms with Crippen molar-refractivity contribution in [2.75, 3.05) is 19.8 Å². The molecule has 0 aromatic rings. The number of carboxylic acid groups (broad SMARTS) is 1. The van der Waals surface area contributed by atoms with Gasteiger partial charge in [0.05, 0.1) is 6.61 Å². The van der Waals surface area contributed by atoms with Crippen LogP contribution in [-0.2, 0) is 19.1 Å². The molecule has 0 saturated heterocycles. The molecule has 9 nitrogen and oxygen atoms in total. The largest absolute Gasteiger partial charge is 0.478 e. The zero-order valence-corrected chi connectivity index (χ0v) is 9.34. The van der Waals surface area contributed by atoms with Crippen molar-refractivity contribution in [2.24, 2.45) is 5.73 Å². The number of imide groups is 1. The van der Waals surface area contributed by atoms with Gasteiger partial charge in [0.15, 0.2) is 0 Å². The van der Waals surface area contributed by atoms with E-state index in [1.807, 2.05) is 5.32 Å². The third-order valence-electron chi connectivity index (χ3n) is 1.39. The normalized spacial score (nSPS) is 10.0. The standard InChI is InChI=1S/C9H13N3O6/c10-6(13)5-18-4-3-11-9(17)12-7(14)1-2-8(15)16/h1-2H,3-5H2,(H2,10,13)(H,15,16)(H2,11,12,14,17)/b2-1+.